The quantitative estimate of drug-likeness (QED) is 0.760. The predicted molar refractivity (Wildman–Crippen MR) is 76.7 cm³/mol. The maximum absolute atomic E-state index is 11.6. The third kappa shape index (κ3) is 3.01. The highest BCUT2D eigenvalue weighted by Gasteiger charge is 2.27. The smallest absolute Gasteiger partial charge is 0.356 e. The van der Waals surface area contributed by atoms with Crippen LogP contribution in [0.15, 0.2) is 12.1 Å². The second-order valence-electron chi connectivity index (χ2n) is 4.96. The Labute approximate surface area is 118 Å². The fourth-order valence-corrected chi connectivity index (χ4v) is 2.31. The van der Waals surface area contributed by atoms with Gasteiger partial charge in [0.15, 0.2) is 11.5 Å². The number of aromatic nitrogens is 1. The summed E-state index contributed by atoms with van der Waals surface area (Å²) in [6, 6.07) is 3.64. The first-order chi connectivity index (χ1) is 9.67. The van der Waals surface area contributed by atoms with Gasteiger partial charge < -0.3 is 20.5 Å². The van der Waals surface area contributed by atoms with E-state index in [9.17, 15) is 4.79 Å². The van der Waals surface area contributed by atoms with E-state index in [1.54, 1.807) is 12.1 Å². The topological polar surface area (TPSA) is 88.7 Å². The largest absolute Gasteiger partial charge is 0.464 e. The number of ether oxygens (including phenoxy) is 1. The van der Waals surface area contributed by atoms with Crippen LogP contribution in [0.25, 0.3) is 0 Å². The van der Waals surface area contributed by atoms with Gasteiger partial charge in [-0.05, 0) is 37.8 Å². The van der Waals surface area contributed by atoms with Crippen molar-refractivity contribution >= 4 is 17.5 Å². The molecule has 0 amide bonds. The number of aliphatic hydroxyl groups excluding tert-OH is 1. The Kier molecular flexibility index (Phi) is 4.79. The number of nitrogens with zero attached hydrogens (tertiary/aromatic N) is 2. The lowest BCUT2D eigenvalue weighted by atomic mass is 9.91. The molecule has 2 rings (SSSR count). The fourth-order valence-electron chi connectivity index (χ4n) is 2.31. The first-order valence-corrected chi connectivity index (χ1v) is 6.89. The van der Waals surface area contributed by atoms with Crippen LogP contribution in [0, 0.1) is 0 Å². The van der Waals surface area contributed by atoms with Crippen molar-refractivity contribution < 1.29 is 14.6 Å². The van der Waals surface area contributed by atoms with E-state index in [0.717, 1.165) is 12.8 Å². The lowest BCUT2D eigenvalue weighted by Crippen LogP contribution is -2.42. The maximum Gasteiger partial charge on any atom is 0.356 e. The number of rotatable bonds is 6. The minimum atomic E-state index is -0.470. The highest BCUT2D eigenvalue weighted by molar-refractivity contribution is 5.88. The van der Waals surface area contributed by atoms with Crippen LogP contribution in [0.2, 0.25) is 0 Å². The molecule has 6 nitrogen and oxygen atoms in total. The molecule has 1 aromatic rings. The van der Waals surface area contributed by atoms with E-state index in [-0.39, 0.29) is 12.3 Å². The zero-order valence-corrected chi connectivity index (χ0v) is 11.7. The molecular formula is C14H21N3O3. The number of nitrogen functional groups attached to an aromatic ring is 1. The lowest BCUT2D eigenvalue weighted by molar-refractivity contribution is 0.0594. The predicted octanol–water partition coefficient (Wildman–Crippen LogP) is 1.19. The summed E-state index contributed by atoms with van der Waals surface area (Å²) in [7, 11) is 1.33. The van der Waals surface area contributed by atoms with Gasteiger partial charge in [0.2, 0.25) is 0 Å². The second-order valence-corrected chi connectivity index (χ2v) is 4.96. The van der Waals surface area contributed by atoms with E-state index in [2.05, 4.69) is 9.88 Å². The minimum absolute atomic E-state index is 0.125. The summed E-state index contributed by atoms with van der Waals surface area (Å²) in [6.07, 6.45) is 4.03. The van der Waals surface area contributed by atoms with Gasteiger partial charge in [-0.3, -0.25) is 0 Å². The van der Waals surface area contributed by atoms with Gasteiger partial charge in [-0.25, -0.2) is 9.78 Å². The molecule has 1 aliphatic rings. The van der Waals surface area contributed by atoms with Crippen molar-refractivity contribution in [3.63, 3.8) is 0 Å². The Morgan fingerprint density at radius 2 is 2.30 bits per heavy atom. The van der Waals surface area contributed by atoms with Crippen molar-refractivity contribution in [2.45, 2.75) is 31.7 Å². The molecule has 1 aromatic heterocycles. The summed E-state index contributed by atoms with van der Waals surface area (Å²) in [5.74, 6) is 0.146. The fraction of sp³-hybridized carbons (Fsp3) is 0.571. The number of nitrogens with two attached hydrogens (primary N) is 1. The number of esters is 1. The monoisotopic (exact) mass is 279 g/mol. The van der Waals surface area contributed by atoms with E-state index in [1.165, 1.54) is 13.5 Å². The second kappa shape index (κ2) is 6.56. The van der Waals surface area contributed by atoms with Gasteiger partial charge in [0.25, 0.3) is 0 Å². The number of hydrogen-bond donors (Lipinski definition) is 2. The van der Waals surface area contributed by atoms with Crippen molar-refractivity contribution in [2.75, 3.05) is 30.9 Å². The van der Waals surface area contributed by atoms with Gasteiger partial charge >= 0.3 is 5.97 Å². The molecule has 1 saturated carbocycles. The van der Waals surface area contributed by atoms with Crippen LogP contribution in [0.5, 0.6) is 0 Å². The van der Waals surface area contributed by atoms with Crippen molar-refractivity contribution in [1.82, 2.24) is 4.98 Å². The number of carbonyl (C=O) groups is 1. The van der Waals surface area contributed by atoms with Gasteiger partial charge in [0.1, 0.15) is 0 Å². The number of carbonyl (C=O) groups excluding carboxylic acids is 1. The Bertz CT molecular complexity index is 475. The van der Waals surface area contributed by atoms with Crippen LogP contribution in [-0.4, -0.2) is 42.4 Å². The summed E-state index contributed by atoms with van der Waals surface area (Å²) in [4.78, 5) is 18.0. The first-order valence-electron chi connectivity index (χ1n) is 6.89. The van der Waals surface area contributed by atoms with Gasteiger partial charge in [-0.2, -0.15) is 0 Å². The van der Waals surface area contributed by atoms with Crippen molar-refractivity contribution in [1.29, 1.82) is 0 Å². The molecule has 6 heteroatoms. The number of anilines is 2. The van der Waals surface area contributed by atoms with Crippen LogP contribution in [0.3, 0.4) is 0 Å². The van der Waals surface area contributed by atoms with Crippen LogP contribution >= 0.6 is 0 Å². The molecule has 0 bridgehead atoms. The number of methoxy groups -OCH3 is 1. The molecule has 20 heavy (non-hydrogen) atoms. The molecule has 110 valence electrons. The minimum Gasteiger partial charge on any atom is -0.464 e. The van der Waals surface area contributed by atoms with E-state index in [0.29, 0.717) is 30.5 Å². The summed E-state index contributed by atoms with van der Waals surface area (Å²) in [5, 5.41) is 9.03. The summed E-state index contributed by atoms with van der Waals surface area (Å²) in [6.45, 7) is 0.808. The molecule has 3 N–H and O–H groups in total. The number of pyridine rings is 1. The average molecular weight is 279 g/mol. The van der Waals surface area contributed by atoms with Gasteiger partial charge in [-0.15, -0.1) is 0 Å². The molecular weight excluding hydrogens is 258 g/mol. The molecule has 0 spiro atoms. The van der Waals surface area contributed by atoms with Gasteiger partial charge in [0, 0.05) is 19.2 Å². The Hall–Kier alpha value is -1.82. The Morgan fingerprint density at radius 1 is 1.55 bits per heavy atom. The van der Waals surface area contributed by atoms with Crippen LogP contribution in [0.4, 0.5) is 11.5 Å². The van der Waals surface area contributed by atoms with E-state index in [4.69, 9.17) is 15.6 Å². The molecule has 0 atom stereocenters. The molecule has 0 saturated heterocycles. The summed E-state index contributed by atoms with van der Waals surface area (Å²) >= 11 is 0. The molecule has 1 aliphatic carbocycles. The third-order valence-electron chi connectivity index (χ3n) is 3.64. The maximum atomic E-state index is 11.6. The normalized spacial score (nSPS) is 14.7. The summed E-state index contributed by atoms with van der Waals surface area (Å²) < 4.78 is 4.69. The van der Waals surface area contributed by atoms with E-state index >= 15 is 0 Å². The van der Waals surface area contributed by atoms with Gasteiger partial charge in [0.05, 0.1) is 12.8 Å². The molecule has 1 heterocycles. The van der Waals surface area contributed by atoms with Crippen LogP contribution in [-0.2, 0) is 4.74 Å². The van der Waals surface area contributed by atoms with Crippen molar-refractivity contribution in [3.8, 4) is 0 Å². The van der Waals surface area contributed by atoms with Gasteiger partial charge in [-0.1, -0.05) is 0 Å². The highest BCUT2D eigenvalue weighted by atomic mass is 16.5. The standard InChI is InChI=1S/C14H21N3O3/c1-20-14(19)12-7-6-11(15)13(16-12)17(8-3-9-18)10-4-2-5-10/h6-7,10,18H,2-5,8-9,15H2,1H3. The molecule has 0 aromatic carbocycles. The summed E-state index contributed by atoms with van der Waals surface area (Å²) in [5.41, 5.74) is 6.80. The number of hydrogen-bond acceptors (Lipinski definition) is 6. The highest BCUT2D eigenvalue weighted by Crippen LogP contribution is 2.32. The third-order valence-corrected chi connectivity index (χ3v) is 3.64. The van der Waals surface area contributed by atoms with E-state index < -0.39 is 5.97 Å². The average Bonchev–Trinajstić information content (AvgIpc) is 2.41. The first kappa shape index (κ1) is 14.6. The molecule has 0 aliphatic heterocycles. The van der Waals surface area contributed by atoms with E-state index in [1.807, 2.05) is 0 Å². The molecule has 0 unspecified atom stereocenters. The zero-order valence-electron chi connectivity index (χ0n) is 11.7. The van der Waals surface area contributed by atoms with Crippen LogP contribution < -0.4 is 10.6 Å². The Balaban J connectivity index is 2.28. The van der Waals surface area contributed by atoms with Crippen molar-refractivity contribution in [2.24, 2.45) is 0 Å². The molecule has 1 fully saturated rings. The Morgan fingerprint density at radius 3 is 2.85 bits per heavy atom. The van der Waals surface area contributed by atoms with Crippen LogP contribution in [0.1, 0.15) is 36.2 Å². The van der Waals surface area contributed by atoms with Crippen molar-refractivity contribution in [3.05, 3.63) is 17.8 Å². The lowest BCUT2D eigenvalue weighted by Gasteiger charge is -2.39. The SMILES string of the molecule is COC(=O)c1ccc(N)c(N(CCCO)C2CCC2)n1. The zero-order chi connectivity index (χ0) is 14.5. The molecule has 0 radical (unpaired) electrons. The number of aliphatic hydroxyl groups is 1.